The molecule has 1 aliphatic heterocycles. The highest BCUT2D eigenvalue weighted by molar-refractivity contribution is 5.94. The van der Waals surface area contributed by atoms with E-state index in [0.29, 0.717) is 5.56 Å². The van der Waals surface area contributed by atoms with Crippen LogP contribution in [-0.2, 0) is 0 Å². The van der Waals surface area contributed by atoms with Crippen molar-refractivity contribution in [3.63, 3.8) is 0 Å². The number of tetrazole rings is 1. The molecule has 0 unspecified atom stereocenters. The third-order valence-electron chi connectivity index (χ3n) is 4.60. The monoisotopic (exact) mass is 348 g/mol. The highest BCUT2D eigenvalue weighted by atomic mass is 16.1. The maximum absolute atomic E-state index is 12.3. The second kappa shape index (κ2) is 7.35. The Labute approximate surface area is 151 Å². The van der Waals surface area contributed by atoms with Crippen molar-refractivity contribution in [3.8, 4) is 5.69 Å². The van der Waals surface area contributed by atoms with Crippen LogP contribution in [0.2, 0.25) is 0 Å². The smallest absolute Gasteiger partial charge is 0.251 e. The summed E-state index contributed by atoms with van der Waals surface area (Å²) in [4.78, 5) is 14.5. The molecule has 1 saturated heterocycles. The van der Waals surface area contributed by atoms with E-state index in [1.807, 2.05) is 60.7 Å². The number of benzene rings is 2. The summed E-state index contributed by atoms with van der Waals surface area (Å²) >= 11 is 0. The summed E-state index contributed by atoms with van der Waals surface area (Å²) in [6.45, 7) is 1.60. The maximum Gasteiger partial charge on any atom is 0.251 e. The highest BCUT2D eigenvalue weighted by Gasteiger charge is 2.24. The van der Waals surface area contributed by atoms with Gasteiger partial charge < -0.3 is 10.2 Å². The quantitative estimate of drug-likeness (QED) is 0.781. The summed E-state index contributed by atoms with van der Waals surface area (Å²) in [6, 6.07) is 19.3. The van der Waals surface area contributed by atoms with Crippen LogP contribution in [0.15, 0.2) is 60.7 Å². The van der Waals surface area contributed by atoms with Crippen LogP contribution in [0.4, 0.5) is 5.95 Å². The molecule has 1 N–H and O–H groups in total. The molecule has 0 spiro atoms. The summed E-state index contributed by atoms with van der Waals surface area (Å²) in [6.07, 6.45) is 1.72. The molecular formula is C19H20N6O. The Morgan fingerprint density at radius 3 is 2.31 bits per heavy atom. The number of amides is 1. The molecule has 1 amide bonds. The van der Waals surface area contributed by atoms with E-state index in [9.17, 15) is 4.79 Å². The first-order chi connectivity index (χ1) is 12.8. The molecule has 0 radical (unpaired) electrons. The minimum Gasteiger partial charge on any atom is -0.349 e. The first kappa shape index (κ1) is 16.3. The van der Waals surface area contributed by atoms with Gasteiger partial charge in [0.15, 0.2) is 0 Å². The lowest BCUT2D eigenvalue weighted by atomic mass is 10.0. The van der Waals surface area contributed by atoms with Gasteiger partial charge >= 0.3 is 0 Å². The largest absolute Gasteiger partial charge is 0.349 e. The summed E-state index contributed by atoms with van der Waals surface area (Å²) < 4.78 is 1.75. The molecule has 2 aromatic carbocycles. The molecule has 0 atom stereocenters. The Morgan fingerprint density at radius 1 is 0.962 bits per heavy atom. The van der Waals surface area contributed by atoms with Gasteiger partial charge in [0.25, 0.3) is 5.91 Å². The molecule has 3 aromatic rings. The molecule has 7 heteroatoms. The number of carbonyl (C=O) groups is 1. The Balaban J connectivity index is 1.39. The van der Waals surface area contributed by atoms with Crippen LogP contribution >= 0.6 is 0 Å². The summed E-state index contributed by atoms with van der Waals surface area (Å²) in [5, 5.41) is 15.3. The number of aromatic nitrogens is 4. The number of hydrogen-bond donors (Lipinski definition) is 1. The molecule has 1 fully saturated rings. The first-order valence-corrected chi connectivity index (χ1v) is 8.76. The van der Waals surface area contributed by atoms with Gasteiger partial charge in [-0.15, -0.1) is 0 Å². The number of piperidine rings is 1. The third-order valence-corrected chi connectivity index (χ3v) is 4.60. The number of nitrogens with one attached hydrogen (secondary N) is 1. The number of rotatable bonds is 4. The van der Waals surface area contributed by atoms with Gasteiger partial charge in [0.1, 0.15) is 0 Å². The zero-order valence-corrected chi connectivity index (χ0v) is 14.3. The van der Waals surface area contributed by atoms with Gasteiger partial charge in [-0.2, -0.15) is 4.68 Å². The fourth-order valence-electron chi connectivity index (χ4n) is 3.20. The minimum atomic E-state index is -0.0156. The van der Waals surface area contributed by atoms with Crippen LogP contribution in [0.3, 0.4) is 0 Å². The molecule has 2 heterocycles. The molecule has 4 rings (SSSR count). The molecule has 7 nitrogen and oxygen atoms in total. The van der Waals surface area contributed by atoms with Crippen molar-refractivity contribution in [1.82, 2.24) is 25.5 Å². The predicted molar refractivity (Wildman–Crippen MR) is 98.3 cm³/mol. The van der Waals surface area contributed by atoms with E-state index in [0.717, 1.165) is 37.6 Å². The van der Waals surface area contributed by atoms with Crippen molar-refractivity contribution in [1.29, 1.82) is 0 Å². The molecule has 1 aliphatic rings. The normalized spacial score (nSPS) is 15.0. The summed E-state index contributed by atoms with van der Waals surface area (Å²) in [5.74, 6) is 0.724. The average Bonchev–Trinajstić information content (AvgIpc) is 3.20. The van der Waals surface area contributed by atoms with Gasteiger partial charge in [0, 0.05) is 24.7 Å². The molecular weight excluding hydrogens is 328 g/mol. The average molecular weight is 348 g/mol. The number of nitrogens with zero attached hydrogens (tertiary/aromatic N) is 5. The SMILES string of the molecule is O=C(NC1CCN(c2nnnn2-c2ccccc2)CC1)c1ccccc1. The number of carbonyl (C=O) groups excluding carboxylic acids is 1. The van der Waals surface area contributed by atoms with Crippen LogP contribution < -0.4 is 10.2 Å². The van der Waals surface area contributed by atoms with Crippen molar-refractivity contribution >= 4 is 11.9 Å². The standard InChI is InChI=1S/C19H20N6O/c26-18(15-7-3-1-4-8-15)20-16-11-13-24(14-12-16)19-21-22-23-25(19)17-9-5-2-6-10-17/h1-10,16H,11-14H2,(H,20,26). The Kier molecular flexibility index (Phi) is 4.59. The molecule has 1 aromatic heterocycles. The lowest BCUT2D eigenvalue weighted by molar-refractivity contribution is 0.0931. The zero-order valence-electron chi connectivity index (χ0n) is 14.3. The van der Waals surface area contributed by atoms with Gasteiger partial charge in [-0.1, -0.05) is 41.5 Å². The van der Waals surface area contributed by atoms with Crippen LogP contribution in [0.1, 0.15) is 23.2 Å². The van der Waals surface area contributed by atoms with Crippen molar-refractivity contribution in [2.24, 2.45) is 0 Å². The van der Waals surface area contributed by atoms with E-state index in [1.165, 1.54) is 0 Å². The van der Waals surface area contributed by atoms with Crippen LogP contribution in [0.25, 0.3) is 5.69 Å². The molecule has 26 heavy (non-hydrogen) atoms. The van der Waals surface area contributed by atoms with Gasteiger partial charge in [-0.25, -0.2) is 0 Å². The second-order valence-electron chi connectivity index (χ2n) is 6.33. The first-order valence-electron chi connectivity index (χ1n) is 8.76. The maximum atomic E-state index is 12.3. The van der Waals surface area contributed by atoms with Crippen molar-refractivity contribution in [2.75, 3.05) is 18.0 Å². The van der Waals surface area contributed by atoms with E-state index in [-0.39, 0.29) is 11.9 Å². The molecule has 0 aliphatic carbocycles. The zero-order chi connectivity index (χ0) is 17.8. The van der Waals surface area contributed by atoms with E-state index in [4.69, 9.17) is 0 Å². The van der Waals surface area contributed by atoms with E-state index >= 15 is 0 Å². The Bertz CT molecular complexity index is 856. The topological polar surface area (TPSA) is 75.9 Å². The Hall–Kier alpha value is -3.22. The van der Waals surface area contributed by atoms with Crippen LogP contribution in [-0.4, -0.2) is 45.2 Å². The highest BCUT2D eigenvalue weighted by Crippen LogP contribution is 2.20. The fourth-order valence-corrected chi connectivity index (χ4v) is 3.20. The van der Waals surface area contributed by atoms with Crippen molar-refractivity contribution in [2.45, 2.75) is 18.9 Å². The number of anilines is 1. The Morgan fingerprint density at radius 2 is 1.62 bits per heavy atom. The lowest BCUT2D eigenvalue weighted by Crippen LogP contribution is -2.45. The third kappa shape index (κ3) is 3.42. The second-order valence-corrected chi connectivity index (χ2v) is 6.33. The summed E-state index contributed by atoms with van der Waals surface area (Å²) in [7, 11) is 0. The number of hydrogen-bond acceptors (Lipinski definition) is 5. The van der Waals surface area contributed by atoms with Crippen molar-refractivity contribution in [3.05, 3.63) is 66.2 Å². The van der Waals surface area contributed by atoms with Gasteiger partial charge in [-0.05, 0) is 47.5 Å². The minimum absolute atomic E-state index is 0.0156. The van der Waals surface area contributed by atoms with E-state index < -0.39 is 0 Å². The predicted octanol–water partition coefficient (Wildman–Crippen LogP) is 2.06. The molecule has 0 saturated carbocycles. The van der Waals surface area contributed by atoms with Gasteiger partial charge in [0.05, 0.1) is 5.69 Å². The van der Waals surface area contributed by atoms with Crippen molar-refractivity contribution < 1.29 is 4.79 Å². The van der Waals surface area contributed by atoms with Gasteiger partial charge in [0.2, 0.25) is 5.95 Å². The summed E-state index contributed by atoms with van der Waals surface area (Å²) in [5.41, 5.74) is 1.63. The molecule has 132 valence electrons. The number of para-hydroxylation sites is 1. The van der Waals surface area contributed by atoms with Crippen LogP contribution in [0.5, 0.6) is 0 Å². The van der Waals surface area contributed by atoms with Gasteiger partial charge in [-0.3, -0.25) is 4.79 Å². The molecule has 0 bridgehead atoms. The lowest BCUT2D eigenvalue weighted by Gasteiger charge is -2.32. The fraction of sp³-hybridized carbons (Fsp3) is 0.263. The van der Waals surface area contributed by atoms with Crippen LogP contribution in [0, 0.1) is 0 Å². The van der Waals surface area contributed by atoms with E-state index in [2.05, 4.69) is 25.7 Å². The van der Waals surface area contributed by atoms with E-state index in [1.54, 1.807) is 4.68 Å².